The number of carbonyl (C=O) groups excluding carboxylic acids is 2. The molecule has 0 saturated carbocycles. The number of ether oxygens (including phenoxy) is 1. The van der Waals surface area contributed by atoms with Crippen LogP contribution in [0, 0.1) is 6.92 Å². The lowest BCUT2D eigenvalue weighted by molar-refractivity contribution is -0.139. The Morgan fingerprint density at radius 2 is 1.79 bits per heavy atom. The zero-order chi connectivity index (χ0) is 23.6. The Labute approximate surface area is 204 Å². The predicted octanol–water partition coefficient (Wildman–Crippen LogP) is 6.93. The van der Waals surface area contributed by atoms with Crippen LogP contribution in [-0.2, 0) is 9.53 Å². The summed E-state index contributed by atoms with van der Waals surface area (Å²) in [5, 5.41) is 3.78. The number of aryl methyl sites for hydroxylation is 1. The molecule has 0 saturated heterocycles. The number of halogens is 1. The lowest BCUT2D eigenvalue weighted by atomic mass is 9.99. The predicted molar refractivity (Wildman–Crippen MR) is 139 cm³/mol. The molecule has 0 amide bonds. The third kappa shape index (κ3) is 6.98. The van der Waals surface area contributed by atoms with E-state index in [0.29, 0.717) is 34.3 Å². The molecule has 3 aromatic rings. The summed E-state index contributed by atoms with van der Waals surface area (Å²) in [5.41, 5.74) is 4.75. The van der Waals surface area contributed by atoms with Crippen molar-refractivity contribution in [2.45, 2.75) is 13.8 Å². The van der Waals surface area contributed by atoms with Gasteiger partial charge in [-0.15, -0.1) is 11.8 Å². The van der Waals surface area contributed by atoms with E-state index in [1.807, 2.05) is 73.7 Å². The molecule has 4 nitrogen and oxygen atoms in total. The minimum Gasteiger partial charge on any atom is -0.465 e. The lowest BCUT2D eigenvalue weighted by Gasteiger charge is -2.12. The third-order valence-electron chi connectivity index (χ3n) is 4.88. The van der Waals surface area contributed by atoms with Crippen LogP contribution in [0.1, 0.15) is 34.0 Å². The topological polar surface area (TPSA) is 55.4 Å². The van der Waals surface area contributed by atoms with E-state index < -0.39 is 0 Å². The largest absolute Gasteiger partial charge is 0.465 e. The van der Waals surface area contributed by atoms with Crippen LogP contribution in [-0.4, -0.2) is 29.9 Å². The fraction of sp³-hybridized carbons (Fsp3) is 0.185. The van der Waals surface area contributed by atoms with Crippen molar-refractivity contribution in [2.75, 3.05) is 23.4 Å². The molecule has 3 rings (SSSR count). The number of thioether (sulfide) groups is 1. The maximum Gasteiger partial charge on any atom is 0.315 e. The second-order valence-electron chi connectivity index (χ2n) is 7.27. The number of para-hydroxylation sites is 1. The second-order valence-corrected chi connectivity index (χ2v) is 8.71. The van der Waals surface area contributed by atoms with Crippen LogP contribution in [0.15, 0.2) is 72.8 Å². The van der Waals surface area contributed by atoms with Gasteiger partial charge in [-0.3, -0.25) is 9.59 Å². The number of hydrogen-bond acceptors (Lipinski definition) is 5. The van der Waals surface area contributed by atoms with Gasteiger partial charge < -0.3 is 10.1 Å². The number of nitrogens with one attached hydrogen (secondary N) is 1. The van der Waals surface area contributed by atoms with Crippen molar-refractivity contribution in [3.63, 3.8) is 0 Å². The molecule has 0 atom stereocenters. The van der Waals surface area contributed by atoms with Gasteiger partial charge in [-0.05, 0) is 49.2 Å². The van der Waals surface area contributed by atoms with Crippen LogP contribution >= 0.6 is 23.4 Å². The van der Waals surface area contributed by atoms with Crippen LogP contribution < -0.4 is 5.32 Å². The molecule has 0 spiro atoms. The summed E-state index contributed by atoms with van der Waals surface area (Å²) in [6, 6.07) is 20.8. The van der Waals surface area contributed by atoms with Crippen molar-refractivity contribution in [2.24, 2.45) is 0 Å². The first kappa shape index (κ1) is 24.6. The zero-order valence-electron chi connectivity index (χ0n) is 18.6. The number of benzene rings is 3. The van der Waals surface area contributed by atoms with Crippen LogP contribution in [0.5, 0.6) is 0 Å². The van der Waals surface area contributed by atoms with Crippen molar-refractivity contribution >= 4 is 52.6 Å². The normalized spacial score (nSPS) is 10.9. The molecule has 0 unspecified atom stereocenters. The maximum absolute atomic E-state index is 12.9. The minimum absolute atomic E-state index is 0.0895. The summed E-state index contributed by atoms with van der Waals surface area (Å²) in [5.74, 6) is 0.756. The summed E-state index contributed by atoms with van der Waals surface area (Å²) in [4.78, 5) is 24.3. The van der Waals surface area contributed by atoms with Crippen LogP contribution in [0.25, 0.3) is 6.08 Å². The first-order valence-corrected chi connectivity index (χ1v) is 12.2. The Morgan fingerprint density at radius 1 is 1.03 bits per heavy atom. The Kier molecular flexibility index (Phi) is 9.16. The Hall–Kier alpha value is -3.02. The summed E-state index contributed by atoms with van der Waals surface area (Å²) < 4.78 is 4.93. The van der Waals surface area contributed by atoms with Gasteiger partial charge in [0.1, 0.15) is 0 Å². The Bertz CT molecular complexity index is 1160. The molecule has 0 heterocycles. The molecule has 0 radical (unpaired) electrons. The second kappa shape index (κ2) is 12.3. The van der Waals surface area contributed by atoms with Gasteiger partial charge in [0.05, 0.1) is 17.4 Å². The van der Waals surface area contributed by atoms with Gasteiger partial charge in [0, 0.05) is 28.3 Å². The van der Waals surface area contributed by atoms with E-state index in [0.717, 1.165) is 22.5 Å². The van der Waals surface area contributed by atoms with Crippen LogP contribution in [0.3, 0.4) is 0 Å². The maximum atomic E-state index is 12.9. The number of carbonyl (C=O) groups is 2. The number of ketones is 1. The monoisotopic (exact) mass is 479 g/mol. The highest BCUT2D eigenvalue weighted by Crippen LogP contribution is 2.28. The van der Waals surface area contributed by atoms with E-state index in [-0.39, 0.29) is 11.8 Å². The summed E-state index contributed by atoms with van der Waals surface area (Å²) in [6.45, 7) is 4.12. The van der Waals surface area contributed by atoms with Crippen molar-refractivity contribution in [3.8, 4) is 0 Å². The third-order valence-corrected chi connectivity index (χ3v) is 6.06. The van der Waals surface area contributed by atoms with Gasteiger partial charge in [-0.2, -0.15) is 0 Å². The smallest absolute Gasteiger partial charge is 0.315 e. The summed E-state index contributed by atoms with van der Waals surface area (Å²) in [6.07, 6.45) is 4.03. The quantitative estimate of drug-likeness (QED) is 0.194. The first-order chi connectivity index (χ1) is 16.0. The molecular weight excluding hydrogens is 454 g/mol. The van der Waals surface area contributed by atoms with E-state index in [1.54, 1.807) is 19.1 Å². The fourth-order valence-corrected chi connectivity index (χ4v) is 4.12. The number of hydrogen-bond donors (Lipinski definition) is 1. The molecule has 0 aliphatic rings. The van der Waals surface area contributed by atoms with Gasteiger partial charge >= 0.3 is 5.97 Å². The average Bonchev–Trinajstić information content (AvgIpc) is 2.80. The highest BCUT2D eigenvalue weighted by molar-refractivity contribution is 8.00. The highest BCUT2D eigenvalue weighted by atomic mass is 35.5. The molecule has 0 fully saturated rings. The highest BCUT2D eigenvalue weighted by Gasteiger charge is 2.15. The summed E-state index contributed by atoms with van der Waals surface area (Å²) >= 11 is 7.99. The molecule has 3 aromatic carbocycles. The number of esters is 1. The number of rotatable bonds is 10. The molecule has 0 aliphatic heterocycles. The lowest BCUT2D eigenvalue weighted by Crippen LogP contribution is -2.06. The van der Waals surface area contributed by atoms with Gasteiger partial charge in [0.25, 0.3) is 0 Å². The van der Waals surface area contributed by atoms with E-state index >= 15 is 0 Å². The van der Waals surface area contributed by atoms with Crippen LogP contribution in [0.4, 0.5) is 11.4 Å². The molecule has 0 aliphatic carbocycles. The van der Waals surface area contributed by atoms with Gasteiger partial charge in [-0.1, -0.05) is 66.2 Å². The van der Waals surface area contributed by atoms with Crippen LogP contribution in [0.2, 0.25) is 5.02 Å². The fourth-order valence-electron chi connectivity index (χ4n) is 3.25. The molecule has 6 heteroatoms. The Balaban J connectivity index is 1.68. The van der Waals surface area contributed by atoms with Crippen molar-refractivity contribution in [3.05, 3.63) is 100 Å². The van der Waals surface area contributed by atoms with E-state index in [9.17, 15) is 9.59 Å². The molecule has 170 valence electrons. The molecule has 0 bridgehead atoms. The van der Waals surface area contributed by atoms with Gasteiger partial charge in [0.2, 0.25) is 0 Å². The molecule has 1 N–H and O–H groups in total. The number of anilines is 2. The SMILES string of the molecule is CCOC(=O)CSCC=Cc1ccccc1Nc1ccc(C(=O)c2ccccc2C)c(Cl)c1. The van der Waals surface area contributed by atoms with Crippen molar-refractivity contribution < 1.29 is 14.3 Å². The minimum atomic E-state index is -0.195. The van der Waals surface area contributed by atoms with Gasteiger partial charge in [0.15, 0.2) is 5.78 Å². The zero-order valence-corrected chi connectivity index (χ0v) is 20.2. The Morgan fingerprint density at radius 3 is 2.55 bits per heavy atom. The first-order valence-electron chi connectivity index (χ1n) is 10.7. The molecular formula is C27H26ClNO3S. The average molecular weight is 480 g/mol. The van der Waals surface area contributed by atoms with Gasteiger partial charge in [-0.25, -0.2) is 0 Å². The molecule has 0 aromatic heterocycles. The van der Waals surface area contributed by atoms with Crippen molar-refractivity contribution in [1.82, 2.24) is 0 Å². The van der Waals surface area contributed by atoms with Crippen molar-refractivity contribution in [1.29, 1.82) is 0 Å². The molecule has 33 heavy (non-hydrogen) atoms. The van der Waals surface area contributed by atoms with E-state index in [1.165, 1.54) is 11.8 Å². The van der Waals surface area contributed by atoms with E-state index in [2.05, 4.69) is 5.32 Å². The summed E-state index contributed by atoms with van der Waals surface area (Å²) in [7, 11) is 0. The van der Waals surface area contributed by atoms with E-state index in [4.69, 9.17) is 16.3 Å². The standard InChI is InChI=1S/C27H26ClNO3S/c1-3-32-26(30)18-33-16-8-11-20-10-5-7-13-25(20)29-21-14-15-23(24(28)17-21)27(31)22-12-6-4-9-19(22)2/h4-15,17,29H,3,16,18H2,1-2H3.